The molecule has 30 heavy (non-hydrogen) atoms. The van der Waals surface area contributed by atoms with Gasteiger partial charge in [0.15, 0.2) is 0 Å². The van der Waals surface area contributed by atoms with E-state index in [1.165, 1.54) is 0 Å². The maximum atomic E-state index is 12.7. The second-order valence-corrected chi connectivity index (χ2v) is 8.47. The van der Waals surface area contributed by atoms with Gasteiger partial charge < -0.3 is 15.1 Å². The summed E-state index contributed by atoms with van der Waals surface area (Å²) in [7, 11) is 0. The number of anilines is 3. The summed E-state index contributed by atoms with van der Waals surface area (Å²) in [6, 6.07) is 13.5. The molecule has 0 spiro atoms. The lowest BCUT2D eigenvalue weighted by Gasteiger charge is -2.20. The zero-order chi connectivity index (χ0) is 21.3. The molecular formula is C23H25N3O3S. The van der Waals surface area contributed by atoms with E-state index in [0.29, 0.717) is 19.5 Å². The number of thioether (sulfide) groups is 1. The van der Waals surface area contributed by atoms with Crippen LogP contribution in [-0.4, -0.2) is 37.1 Å². The standard InChI is InChI=1S/C23H25N3O3S/c1-3-21(27)25-10-9-15-11-18(7-8-20(15)25)26-14-16(12-22(26)28)23(29)24-17-5-4-6-19(13-17)30-2/h4-8,11,13,16H,3,9-10,12,14H2,1-2H3,(H,24,29)/t16-/m1/s1. The van der Waals surface area contributed by atoms with Gasteiger partial charge in [-0.25, -0.2) is 0 Å². The third-order valence-corrected chi connectivity index (χ3v) is 6.43. The Kier molecular flexibility index (Phi) is 5.81. The van der Waals surface area contributed by atoms with Gasteiger partial charge in [0, 0.05) is 47.9 Å². The van der Waals surface area contributed by atoms with Crippen molar-refractivity contribution in [3.63, 3.8) is 0 Å². The summed E-state index contributed by atoms with van der Waals surface area (Å²) in [6.07, 6.45) is 3.45. The van der Waals surface area contributed by atoms with E-state index in [-0.39, 0.29) is 30.1 Å². The minimum atomic E-state index is -0.387. The number of amides is 3. The molecule has 156 valence electrons. The Balaban J connectivity index is 1.46. The molecule has 1 atom stereocenters. The maximum Gasteiger partial charge on any atom is 0.229 e. The van der Waals surface area contributed by atoms with Crippen LogP contribution in [0, 0.1) is 5.92 Å². The lowest BCUT2D eigenvalue weighted by atomic mass is 10.1. The monoisotopic (exact) mass is 423 g/mol. The number of carbonyl (C=O) groups excluding carboxylic acids is 3. The Hall–Kier alpha value is -2.80. The third-order valence-electron chi connectivity index (χ3n) is 5.71. The van der Waals surface area contributed by atoms with Gasteiger partial charge in [-0.15, -0.1) is 11.8 Å². The van der Waals surface area contributed by atoms with E-state index in [4.69, 9.17) is 0 Å². The molecule has 1 fully saturated rings. The number of nitrogens with zero attached hydrogens (tertiary/aromatic N) is 2. The van der Waals surface area contributed by atoms with Gasteiger partial charge in [-0.1, -0.05) is 13.0 Å². The topological polar surface area (TPSA) is 69.7 Å². The predicted molar refractivity (Wildman–Crippen MR) is 120 cm³/mol. The highest BCUT2D eigenvalue weighted by molar-refractivity contribution is 7.98. The molecule has 2 aromatic carbocycles. The van der Waals surface area contributed by atoms with Crippen LogP contribution in [0.4, 0.5) is 17.1 Å². The Morgan fingerprint density at radius 3 is 2.80 bits per heavy atom. The summed E-state index contributed by atoms with van der Waals surface area (Å²) in [5.41, 5.74) is 3.55. The van der Waals surface area contributed by atoms with E-state index >= 15 is 0 Å². The van der Waals surface area contributed by atoms with E-state index in [9.17, 15) is 14.4 Å². The smallest absolute Gasteiger partial charge is 0.229 e. The minimum absolute atomic E-state index is 0.0487. The molecule has 2 aliphatic heterocycles. The number of rotatable bonds is 5. The number of benzene rings is 2. The average molecular weight is 424 g/mol. The molecule has 7 heteroatoms. The average Bonchev–Trinajstić information content (AvgIpc) is 3.36. The first-order chi connectivity index (χ1) is 14.5. The maximum absolute atomic E-state index is 12.7. The molecule has 2 aromatic rings. The fraction of sp³-hybridized carbons (Fsp3) is 0.348. The van der Waals surface area contributed by atoms with Crippen molar-refractivity contribution in [1.82, 2.24) is 0 Å². The van der Waals surface area contributed by atoms with Crippen molar-refractivity contribution in [2.75, 3.05) is 34.5 Å². The van der Waals surface area contributed by atoms with Crippen LogP contribution in [0.15, 0.2) is 47.4 Å². The van der Waals surface area contributed by atoms with Gasteiger partial charge in [-0.05, 0) is 54.6 Å². The van der Waals surface area contributed by atoms with Crippen LogP contribution in [0.25, 0.3) is 0 Å². The van der Waals surface area contributed by atoms with Crippen LogP contribution in [0.1, 0.15) is 25.3 Å². The van der Waals surface area contributed by atoms with Gasteiger partial charge in [0.25, 0.3) is 0 Å². The van der Waals surface area contributed by atoms with E-state index in [1.54, 1.807) is 16.7 Å². The summed E-state index contributed by atoms with van der Waals surface area (Å²) in [5.74, 6) is -0.458. The molecule has 0 bridgehead atoms. The molecule has 0 saturated carbocycles. The highest BCUT2D eigenvalue weighted by Crippen LogP contribution is 2.34. The fourth-order valence-corrected chi connectivity index (χ4v) is 4.54. The first kappa shape index (κ1) is 20.5. The molecule has 2 aliphatic rings. The van der Waals surface area contributed by atoms with Crippen molar-refractivity contribution in [3.8, 4) is 0 Å². The zero-order valence-electron chi connectivity index (χ0n) is 17.2. The quantitative estimate of drug-likeness (QED) is 0.745. The summed E-state index contributed by atoms with van der Waals surface area (Å²) < 4.78 is 0. The molecule has 3 amide bonds. The molecule has 2 heterocycles. The first-order valence-electron chi connectivity index (χ1n) is 10.2. The zero-order valence-corrected chi connectivity index (χ0v) is 18.0. The molecule has 0 aromatic heterocycles. The Labute approximate surface area is 180 Å². The van der Waals surface area contributed by atoms with Gasteiger partial charge in [0.05, 0.1) is 5.92 Å². The SMILES string of the molecule is CCC(=O)N1CCc2cc(N3C[C@H](C(=O)Nc4cccc(SC)c4)CC3=O)ccc21. The summed E-state index contributed by atoms with van der Waals surface area (Å²) in [4.78, 5) is 42.0. The van der Waals surface area contributed by atoms with Crippen molar-refractivity contribution in [3.05, 3.63) is 48.0 Å². The Morgan fingerprint density at radius 2 is 2.03 bits per heavy atom. The van der Waals surface area contributed by atoms with Crippen molar-refractivity contribution in [1.29, 1.82) is 0 Å². The van der Waals surface area contributed by atoms with Crippen LogP contribution >= 0.6 is 11.8 Å². The van der Waals surface area contributed by atoms with Crippen molar-refractivity contribution < 1.29 is 14.4 Å². The molecule has 0 unspecified atom stereocenters. The lowest BCUT2D eigenvalue weighted by Crippen LogP contribution is -2.28. The van der Waals surface area contributed by atoms with Crippen LogP contribution < -0.4 is 15.1 Å². The molecule has 4 rings (SSSR count). The van der Waals surface area contributed by atoms with Crippen LogP contribution in [0.2, 0.25) is 0 Å². The molecule has 0 aliphatic carbocycles. The van der Waals surface area contributed by atoms with Crippen LogP contribution in [0.5, 0.6) is 0 Å². The second-order valence-electron chi connectivity index (χ2n) is 7.59. The number of carbonyl (C=O) groups is 3. The normalized spacial score (nSPS) is 17.9. The van der Waals surface area contributed by atoms with E-state index in [2.05, 4.69) is 5.32 Å². The van der Waals surface area contributed by atoms with Crippen molar-refractivity contribution in [2.24, 2.45) is 5.92 Å². The molecule has 0 radical (unpaired) electrons. The fourth-order valence-electron chi connectivity index (χ4n) is 4.08. The van der Waals surface area contributed by atoms with Gasteiger partial charge >= 0.3 is 0 Å². The highest BCUT2D eigenvalue weighted by atomic mass is 32.2. The van der Waals surface area contributed by atoms with Gasteiger partial charge in [0.1, 0.15) is 0 Å². The van der Waals surface area contributed by atoms with Gasteiger partial charge in [0.2, 0.25) is 17.7 Å². The first-order valence-corrected chi connectivity index (χ1v) is 11.4. The number of nitrogens with one attached hydrogen (secondary N) is 1. The van der Waals surface area contributed by atoms with Crippen molar-refractivity contribution in [2.45, 2.75) is 31.1 Å². The summed E-state index contributed by atoms with van der Waals surface area (Å²) in [6.45, 7) is 2.91. The Bertz CT molecular complexity index is 1010. The van der Waals surface area contributed by atoms with Gasteiger partial charge in [-0.3, -0.25) is 14.4 Å². The number of hydrogen-bond acceptors (Lipinski definition) is 4. The summed E-state index contributed by atoms with van der Waals surface area (Å²) >= 11 is 1.62. The largest absolute Gasteiger partial charge is 0.326 e. The molecule has 6 nitrogen and oxygen atoms in total. The summed E-state index contributed by atoms with van der Waals surface area (Å²) in [5, 5.41) is 2.94. The van der Waals surface area contributed by atoms with Gasteiger partial charge in [-0.2, -0.15) is 0 Å². The lowest BCUT2D eigenvalue weighted by molar-refractivity contribution is -0.122. The van der Waals surface area contributed by atoms with E-state index in [1.807, 2.05) is 60.5 Å². The highest BCUT2D eigenvalue weighted by Gasteiger charge is 2.36. The van der Waals surface area contributed by atoms with Crippen LogP contribution in [0.3, 0.4) is 0 Å². The van der Waals surface area contributed by atoms with E-state index < -0.39 is 0 Å². The predicted octanol–water partition coefficient (Wildman–Crippen LogP) is 3.70. The minimum Gasteiger partial charge on any atom is -0.326 e. The molecule has 1 saturated heterocycles. The van der Waals surface area contributed by atoms with Crippen LogP contribution in [-0.2, 0) is 20.8 Å². The van der Waals surface area contributed by atoms with Crippen molar-refractivity contribution >= 4 is 46.5 Å². The van der Waals surface area contributed by atoms with E-state index in [0.717, 1.165) is 33.9 Å². The Morgan fingerprint density at radius 1 is 1.20 bits per heavy atom. The molecular weight excluding hydrogens is 398 g/mol. The number of fused-ring (bicyclic) bond motifs is 1. The molecule has 1 N–H and O–H groups in total. The third kappa shape index (κ3) is 3.94. The second kappa shape index (κ2) is 8.52. The number of hydrogen-bond donors (Lipinski definition) is 1.